The van der Waals surface area contributed by atoms with Crippen LogP contribution in [0.3, 0.4) is 0 Å². The van der Waals surface area contributed by atoms with E-state index in [0.717, 1.165) is 6.07 Å². The summed E-state index contributed by atoms with van der Waals surface area (Å²) in [5.41, 5.74) is 0.0630. The number of hydrogen-bond donors (Lipinski definition) is 1. The van der Waals surface area contributed by atoms with Crippen molar-refractivity contribution in [3.63, 3.8) is 0 Å². The molecule has 2 N–H and O–H groups in total. The molecule has 6 nitrogen and oxygen atoms in total. The average molecular weight is 435 g/mol. The molecule has 0 amide bonds. The summed E-state index contributed by atoms with van der Waals surface area (Å²) in [4.78, 5) is 11.9. The molecule has 2 rings (SSSR count). The number of ether oxygens (including phenoxy) is 2. The lowest BCUT2D eigenvalue weighted by molar-refractivity contribution is 0.0449. The summed E-state index contributed by atoms with van der Waals surface area (Å²) in [7, 11) is -3.90. The highest BCUT2D eigenvalue weighted by atomic mass is 79.9. The summed E-state index contributed by atoms with van der Waals surface area (Å²) in [6.07, 6.45) is 0. The van der Waals surface area contributed by atoms with Gasteiger partial charge in [-0.05, 0) is 58.4 Å². The maximum Gasteiger partial charge on any atom is 0.339 e. The zero-order valence-electron chi connectivity index (χ0n) is 12.2. The fourth-order valence-electron chi connectivity index (χ4n) is 1.74. The van der Waals surface area contributed by atoms with Gasteiger partial charge in [-0.1, -0.05) is 11.6 Å². The molecule has 2 aromatic carbocycles. The molecule has 24 heavy (non-hydrogen) atoms. The molecular formula is C15H13BrClNO5S. The number of carbonyl (C=O) groups is 1. The SMILES string of the molecule is NS(=O)(=O)c1ccc(Br)c(C(=O)OCCOc2ccc(Cl)cc2)c1. The van der Waals surface area contributed by atoms with Gasteiger partial charge in [0, 0.05) is 9.50 Å². The molecule has 2 aromatic rings. The average Bonchev–Trinajstić information content (AvgIpc) is 2.52. The number of sulfonamides is 1. The van der Waals surface area contributed by atoms with Gasteiger partial charge in [0.25, 0.3) is 0 Å². The van der Waals surface area contributed by atoms with Crippen LogP contribution in [-0.2, 0) is 14.8 Å². The minimum absolute atomic E-state index is 0.00645. The molecular weight excluding hydrogens is 422 g/mol. The monoisotopic (exact) mass is 433 g/mol. The van der Waals surface area contributed by atoms with E-state index in [1.54, 1.807) is 24.3 Å². The van der Waals surface area contributed by atoms with E-state index >= 15 is 0 Å². The van der Waals surface area contributed by atoms with Crippen LogP contribution in [0.4, 0.5) is 0 Å². The Bertz CT molecular complexity index is 839. The molecule has 0 atom stereocenters. The van der Waals surface area contributed by atoms with E-state index < -0.39 is 16.0 Å². The van der Waals surface area contributed by atoms with Crippen molar-refractivity contribution < 1.29 is 22.7 Å². The maximum atomic E-state index is 12.0. The lowest BCUT2D eigenvalue weighted by atomic mass is 10.2. The molecule has 128 valence electrons. The minimum atomic E-state index is -3.90. The summed E-state index contributed by atoms with van der Waals surface area (Å²) >= 11 is 8.93. The molecule has 0 radical (unpaired) electrons. The molecule has 0 spiro atoms. The van der Waals surface area contributed by atoms with E-state index in [-0.39, 0.29) is 23.7 Å². The quantitative estimate of drug-likeness (QED) is 0.557. The number of primary sulfonamides is 1. The van der Waals surface area contributed by atoms with Crippen LogP contribution >= 0.6 is 27.5 Å². The van der Waals surface area contributed by atoms with Gasteiger partial charge in [0.2, 0.25) is 10.0 Å². The first-order valence-electron chi connectivity index (χ1n) is 6.65. The molecule has 0 saturated heterocycles. The first-order valence-corrected chi connectivity index (χ1v) is 9.37. The summed E-state index contributed by atoms with van der Waals surface area (Å²) < 4.78 is 33.5. The van der Waals surface area contributed by atoms with Gasteiger partial charge in [0.1, 0.15) is 19.0 Å². The summed E-state index contributed by atoms with van der Waals surface area (Å²) in [5.74, 6) is -0.0973. The largest absolute Gasteiger partial charge is 0.490 e. The highest BCUT2D eigenvalue weighted by molar-refractivity contribution is 9.10. The third-order valence-corrected chi connectivity index (χ3v) is 4.74. The van der Waals surface area contributed by atoms with Crippen molar-refractivity contribution in [1.29, 1.82) is 0 Å². The van der Waals surface area contributed by atoms with Crippen molar-refractivity contribution >= 4 is 43.5 Å². The maximum absolute atomic E-state index is 12.0. The Labute approximate surface area is 152 Å². The number of rotatable bonds is 6. The summed E-state index contributed by atoms with van der Waals surface area (Å²) in [6, 6.07) is 10.6. The summed E-state index contributed by atoms with van der Waals surface area (Å²) in [6.45, 7) is 0.132. The zero-order valence-corrected chi connectivity index (χ0v) is 15.4. The Kier molecular flexibility index (Phi) is 6.22. The zero-order chi connectivity index (χ0) is 17.7. The van der Waals surface area contributed by atoms with Crippen LogP contribution in [0.15, 0.2) is 51.8 Å². The molecule has 0 fully saturated rings. The smallest absolute Gasteiger partial charge is 0.339 e. The Hall–Kier alpha value is -1.61. The standard InChI is InChI=1S/C15H13BrClNO5S/c16-14-6-5-12(24(18,20)21)9-13(14)15(19)23-8-7-22-11-3-1-10(17)2-4-11/h1-6,9H,7-8H2,(H2,18,20,21). The Morgan fingerprint density at radius 2 is 1.79 bits per heavy atom. The van der Waals surface area contributed by atoms with Gasteiger partial charge in [0.15, 0.2) is 0 Å². The number of halogens is 2. The summed E-state index contributed by atoms with van der Waals surface area (Å²) in [5, 5.41) is 5.64. The predicted molar refractivity (Wildman–Crippen MR) is 92.7 cm³/mol. The van der Waals surface area contributed by atoms with Crippen molar-refractivity contribution in [1.82, 2.24) is 0 Å². The fraction of sp³-hybridized carbons (Fsp3) is 0.133. The Morgan fingerprint density at radius 3 is 2.42 bits per heavy atom. The van der Waals surface area contributed by atoms with Gasteiger partial charge < -0.3 is 9.47 Å². The van der Waals surface area contributed by atoms with E-state index in [1.807, 2.05) is 0 Å². The van der Waals surface area contributed by atoms with E-state index in [1.165, 1.54) is 12.1 Å². The minimum Gasteiger partial charge on any atom is -0.490 e. The third kappa shape index (κ3) is 5.20. The molecule has 0 bridgehead atoms. The van der Waals surface area contributed by atoms with Crippen LogP contribution in [0.25, 0.3) is 0 Å². The van der Waals surface area contributed by atoms with E-state index in [9.17, 15) is 13.2 Å². The van der Waals surface area contributed by atoms with Gasteiger partial charge in [0.05, 0.1) is 10.5 Å². The third-order valence-electron chi connectivity index (χ3n) is 2.89. The second-order valence-corrected chi connectivity index (χ2v) is 7.48. The second kappa shape index (κ2) is 7.98. The molecule has 0 saturated carbocycles. The van der Waals surface area contributed by atoms with Crippen LogP contribution in [0.5, 0.6) is 5.75 Å². The van der Waals surface area contributed by atoms with Crippen molar-refractivity contribution in [2.45, 2.75) is 4.90 Å². The van der Waals surface area contributed by atoms with Crippen LogP contribution in [0.2, 0.25) is 5.02 Å². The Balaban J connectivity index is 1.94. The van der Waals surface area contributed by atoms with E-state index in [0.29, 0.717) is 15.2 Å². The topological polar surface area (TPSA) is 95.7 Å². The number of hydrogen-bond acceptors (Lipinski definition) is 5. The Morgan fingerprint density at radius 1 is 1.12 bits per heavy atom. The van der Waals surface area contributed by atoms with Crippen molar-refractivity contribution in [3.05, 3.63) is 57.5 Å². The highest BCUT2D eigenvalue weighted by Gasteiger charge is 2.16. The number of carbonyl (C=O) groups excluding carboxylic acids is 1. The second-order valence-electron chi connectivity index (χ2n) is 4.62. The lowest BCUT2D eigenvalue weighted by Gasteiger charge is -2.09. The molecule has 0 heterocycles. The lowest BCUT2D eigenvalue weighted by Crippen LogP contribution is -2.15. The number of benzene rings is 2. The predicted octanol–water partition coefficient (Wildman–Crippen LogP) is 2.99. The van der Waals surface area contributed by atoms with Crippen molar-refractivity contribution in [3.8, 4) is 5.75 Å². The molecule has 0 aromatic heterocycles. The first-order chi connectivity index (χ1) is 11.3. The van der Waals surface area contributed by atoms with Gasteiger partial charge in [-0.15, -0.1) is 0 Å². The van der Waals surface area contributed by atoms with Crippen LogP contribution in [-0.4, -0.2) is 27.6 Å². The fourth-order valence-corrected chi connectivity index (χ4v) is 2.81. The van der Waals surface area contributed by atoms with Crippen LogP contribution in [0.1, 0.15) is 10.4 Å². The van der Waals surface area contributed by atoms with Gasteiger partial charge in [-0.25, -0.2) is 18.4 Å². The number of esters is 1. The van der Waals surface area contributed by atoms with Crippen molar-refractivity contribution in [2.24, 2.45) is 5.14 Å². The van der Waals surface area contributed by atoms with Gasteiger partial charge in [-0.2, -0.15) is 0 Å². The molecule has 9 heteroatoms. The molecule has 0 aliphatic rings. The van der Waals surface area contributed by atoms with Crippen LogP contribution < -0.4 is 9.88 Å². The molecule has 0 aliphatic carbocycles. The first kappa shape index (κ1) is 18.7. The van der Waals surface area contributed by atoms with Gasteiger partial charge >= 0.3 is 5.97 Å². The van der Waals surface area contributed by atoms with Crippen LogP contribution in [0, 0.1) is 0 Å². The van der Waals surface area contributed by atoms with Crippen molar-refractivity contribution in [2.75, 3.05) is 13.2 Å². The van der Waals surface area contributed by atoms with E-state index in [2.05, 4.69) is 15.9 Å². The normalized spacial score (nSPS) is 11.1. The van der Waals surface area contributed by atoms with Gasteiger partial charge in [-0.3, -0.25) is 0 Å². The molecule has 0 aliphatic heterocycles. The molecule has 0 unspecified atom stereocenters. The highest BCUT2D eigenvalue weighted by Crippen LogP contribution is 2.21. The number of nitrogens with two attached hydrogens (primary N) is 1. The van der Waals surface area contributed by atoms with E-state index in [4.69, 9.17) is 26.2 Å².